The lowest BCUT2D eigenvalue weighted by molar-refractivity contribution is 1.09. The Hall–Kier alpha value is -0.590. The normalized spacial score (nSPS) is 6.69. The zero-order valence-electron chi connectivity index (χ0n) is 10.7. The van der Waals surface area contributed by atoms with Crippen molar-refractivity contribution in [3.63, 3.8) is 0 Å². The molecule has 1 heteroatoms. The highest BCUT2D eigenvalue weighted by Gasteiger charge is 1.51. The molecular formula is C12H29N. The Morgan fingerprint density at radius 1 is 1.08 bits per heavy atom. The summed E-state index contributed by atoms with van der Waals surface area (Å²) >= 11 is 0. The summed E-state index contributed by atoms with van der Waals surface area (Å²) in [6.07, 6.45) is 4.81. The second-order valence-corrected chi connectivity index (χ2v) is 1.87. The van der Waals surface area contributed by atoms with Crippen LogP contribution in [0.2, 0.25) is 0 Å². The van der Waals surface area contributed by atoms with Crippen LogP contribution in [-0.2, 0) is 0 Å². The third kappa shape index (κ3) is 508. The van der Waals surface area contributed by atoms with Crippen LogP contribution in [0.5, 0.6) is 0 Å². The fourth-order valence-corrected chi connectivity index (χ4v) is 0.183. The molecule has 1 nitrogen and oxygen atoms in total. The second kappa shape index (κ2) is 63.6. The van der Waals surface area contributed by atoms with Gasteiger partial charge in [0, 0.05) is 6.54 Å². The maximum absolute atomic E-state index is 3.85. The van der Waals surface area contributed by atoms with E-state index in [1.807, 2.05) is 34.6 Å². The van der Waals surface area contributed by atoms with Crippen LogP contribution in [-0.4, -0.2) is 12.8 Å². The van der Waals surface area contributed by atoms with Gasteiger partial charge in [0.25, 0.3) is 0 Å². The van der Waals surface area contributed by atoms with Gasteiger partial charge in [-0.2, -0.15) is 0 Å². The van der Waals surface area contributed by atoms with Gasteiger partial charge in [0.15, 0.2) is 0 Å². The molecule has 0 radical (unpaired) electrons. The number of aliphatic imine (C=N–C) groups is 1. The molecule has 0 N–H and O–H groups in total. The van der Waals surface area contributed by atoms with Crippen LogP contribution in [0.15, 0.2) is 17.6 Å². The van der Waals surface area contributed by atoms with E-state index in [0.717, 1.165) is 6.54 Å². The smallest absolute Gasteiger partial charge is 0.0356 e. The van der Waals surface area contributed by atoms with Gasteiger partial charge in [-0.15, -0.1) is 6.58 Å². The molecule has 0 bridgehead atoms. The lowest BCUT2D eigenvalue weighted by atomic mass is 10.6. The summed E-state index contributed by atoms with van der Waals surface area (Å²) in [7, 11) is 0. The van der Waals surface area contributed by atoms with Crippen molar-refractivity contribution in [3.05, 3.63) is 12.7 Å². The Morgan fingerprint density at radius 2 is 1.31 bits per heavy atom. The summed E-state index contributed by atoms with van der Waals surface area (Å²) in [4.78, 5) is 3.85. The van der Waals surface area contributed by atoms with Gasteiger partial charge in [-0.25, -0.2) is 0 Å². The third-order valence-corrected chi connectivity index (χ3v) is 0.365. The molecule has 0 amide bonds. The predicted octanol–water partition coefficient (Wildman–Crippen LogP) is 4.73. The summed E-state index contributed by atoms with van der Waals surface area (Å²) in [5, 5.41) is 0. The molecule has 0 aliphatic rings. The highest BCUT2D eigenvalue weighted by atomic mass is 14.7. The van der Waals surface area contributed by atoms with Gasteiger partial charge in [0.05, 0.1) is 0 Å². The van der Waals surface area contributed by atoms with Crippen molar-refractivity contribution in [2.45, 2.75) is 54.9 Å². The van der Waals surface area contributed by atoms with Crippen LogP contribution in [0.25, 0.3) is 0 Å². The van der Waals surface area contributed by atoms with E-state index in [1.165, 1.54) is 6.42 Å². The van der Waals surface area contributed by atoms with Crippen LogP contribution >= 0.6 is 0 Å². The van der Waals surface area contributed by atoms with Crippen molar-refractivity contribution < 1.29 is 0 Å². The molecule has 0 aliphatic heterocycles. The molecule has 0 saturated heterocycles. The molecule has 0 fully saturated rings. The Balaban J connectivity index is -0.0000000446. The number of rotatable bonds is 1. The van der Waals surface area contributed by atoms with E-state index in [0.29, 0.717) is 0 Å². The molecule has 0 aromatic carbocycles. The van der Waals surface area contributed by atoms with E-state index in [-0.39, 0.29) is 0 Å². The zero-order chi connectivity index (χ0) is 11.5. The number of nitrogens with zero attached hydrogens (tertiary/aromatic N) is 1. The lowest BCUT2D eigenvalue weighted by Gasteiger charge is -1.68. The zero-order valence-corrected chi connectivity index (χ0v) is 10.7. The quantitative estimate of drug-likeness (QED) is 0.415. The summed E-state index contributed by atoms with van der Waals surface area (Å²) in [6, 6.07) is 0. The Labute approximate surface area is 86.0 Å². The lowest BCUT2D eigenvalue weighted by Crippen LogP contribution is -1.62. The van der Waals surface area contributed by atoms with Crippen molar-refractivity contribution in [1.29, 1.82) is 0 Å². The molecule has 0 heterocycles. The minimum atomic E-state index is 0.913. The summed E-state index contributed by atoms with van der Waals surface area (Å²) in [5.74, 6) is 0. The minimum Gasteiger partial charge on any atom is -0.298 e. The molecule has 0 unspecified atom stereocenters. The van der Waals surface area contributed by atoms with Crippen LogP contribution in [0, 0.1) is 0 Å². The summed E-state index contributed by atoms with van der Waals surface area (Å²) in [6.45, 7) is 18.3. The molecular weight excluding hydrogens is 158 g/mol. The van der Waals surface area contributed by atoms with E-state index in [2.05, 4.69) is 25.4 Å². The van der Waals surface area contributed by atoms with Gasteiger partial charge >= 0.3 is 0 Å². The fourth-order valence-electron chi connectivity index (χ4n) is 0.183. The first-order valence-corrected chi connectivity index (χ1v) is 5.26. The van der Waals surface area contributed by atoms with E-state index in [1.54, 1.807) is 12.3 Å². The second-order valence-electron chi connectivity index (χ2n) is 1.87. The average Bonchev–Trinajstić information content (AvgIpc) is 2.12. The SMILES string of the molecule is C=CC.CC.CC=NCC.CCC. The van der Waals surface area contributed by atoms with Crippen LogP contribution in [0.3, 0.4) is 0 Å². The Kier molecular flexibility index (Phi) is 112. The van der Waals surface area contributed by atoms with E-state index < -0.39 is 0 Å². The number of hydrogen-bond acceptors (Lipinski definition) is 1. The fraction of sp³-hybridized carbons (Fsp3) is 0.750. The van der Waals surface area contributed by atoms with Crippen molar-refractivity contribution in [3.8, 4) is 0 Å². The first-order chi connectivity index (χ1) is 6.24. The van der Waals surface area contributed by atoms with E-state index in [4.69, 9.17) is 0 Å². The largest absolute Gasteiger partial charge is 0.298 e. The highest BCUT2D eigenvalue weighted by Crippen LogP contribution is 1.57. The van der Waals surface area contributed by atoms with Gasteiger partial charge in [-0.1, -0.05) is 40.2 Å². The maximum Gasteiger partial charge on any atom is 0.0356 e. The van der Waals surface area contributed by atoms with Crippen LogP contribution in [0.4, 0.5) is 0 Å². The van der Waals surface area contributed by atoms with Gasteiger partial charge in [-0.05, 0) is 27.0 Å². The molecule has 0 aromatic rings. The topological polar surface area (TPSA) is 12.4 Å². The van der Waals surface area contributed by atoms with E-state index >= 15 is 0 Å². The van der Waals surface area contributed by atoms with Crippen LogP contribution in [0.1, 0.15) is 54.9 Å². The molecule has 0 saturated carbocycles. The third-order valence-electron chi connectivity index (χ3n) is 0.365. The summed E-state index contributed by atoms with van der Waals surface area (Å²) in [5.41, 5.74) is 0. The van der Waals surface area contributed by atoms with Gasteiger partial charge < -0.3 is 0 Å². The van der Waals surface area contributed by atoms with Crippen molar-refractivity contribution in [2.75, 3.05) is 6.54 Å². The molecule has 0 spiro atoms. The monoisotopic (exact) mass is 187 g/mol. The van der Waals surface area contributed by atoms with E-state index in [9.17, 15) is 0 Å². The first-order valence-electron chi connectivity index (χ1n) is 5.26. The molecule has 82 valence electrons. The Bertz CT molecular complexity index is 65.5. The average molecular weight is 187 g/mol. The van der Waals surface area contributed by atoms with Gasteiger partial charge in [0.1, 0.15) is 0 Å². The molecule has 0 aromatic heterocycles. The number of hydrogen-bond donors (Lipinski definition) is 0. The van der Waals surface area contributed by atoms with Crippen molar-refractivity contribution in [2.24, 2.45) is 4.99 Å². The first kappa shape index (κ1) is 22.8. The van der Waals surface area contributed by atoms with Crippen LogP contribution < -0.4 is 0 Å². The highest BCUT2D eigenvalue weighted by molar-refractivity contribution is 5.52. The molecule has 0 atom stereocenters. The number of allylic oxidation sites excluding steroid dienone is 1. The standard InChI is InChI=1S/C4H9N.C3H8.C3H6.C2H6/c1-3-5-4-2;2*1-3-2;1-2/h3H,4H2,1-2H3;3H2,1-2H3;3H,1H2,2H3;1-2H3. The maximum atomic E-state index is 3.85. The molecule has 0 rings (SSSR count). The Morgan fingerprint density at radius 3 is 1.31 bits per heavy atom. The summed E-state index contributed by atoms with van der Waals surface area (Å²) < 4.78 is 0. The van der Waals surface area contributed by atoms with Crippen molar-refractivity contribution in [1.82, 2.24) is 0 Å². The molecule has 13 heavy (non-hydrogen) atoms. The predicted molar refractivity (Wildman–Crippen MR) is 67.9 cm³/mol. The van der Waals surface area contributed by atoms with Gasteiger partial charge in [0.2, 0.25) is 0 Å². The van der Waals surface area contributed by atoms with Crippen molar-refractivity contribution >= 4 is 6.21 Å². The molecule has 0 aliphatic carbocycles. The minimum absolute atomic E-state index is 0.913. The van der Waals surface area contributed by atoms with Gasteiger partial charge in [-0.3, -0.25) is 4.99 Å².